The van der Waals surface area contributed by atoms with Crippen LogP contribution in [0.25, 0.3) is 0 Å². The number of carbonyl (C=O) groups excluding carboxylic acids is 1. The van der Waals surface area contributed by atoms with E-state index in [1.54, 1.807) is 0 Å². The van der Waals surface area contributed by atoms with Crippen molar-refractivity contribution in [3.05, 3.63) is 11.9 Å². The summed E-state index contributed by atoms with van der Waals surface area (Å²) >= 11 is 0. The molecular formula is C13H22N4O. The molecule has 0 atom stereocenters. The minimum atomic E-state index is -0.0600. The van der Waals surface area contributed by atoms with Crippen molar-refractivity contribution in [2.24, 2.45) is 0 Å². The third-order valence-corrected chi connectivity index (χ3v) is 3.18. The molecule has 0 bridgehead atoms. The molecule has 100 valence electrons. The van der Waals surface area contributed by atoms with Crippen LogP contribution in [0.4, 0.5) is 5.95 Å². The molecule has 0 radical (unpaired) electrons. The zero-order valence-electron chi connectivity index (χ0n) is 11.0. The van der Waals surface area contributed by atoms with Gasteiger partial charge in [0.15, 0.2) is 0 Å². The van der Waals surface area contributed by atoms with Gasteiger partial charge in [0.2, 0.25) is 5.95 Å². The highest BCUT2D eigenvalue weighted by atomic mass is 16.1. The SMILES string of the molecule is CCCCCCNC(=O)c1cn2c(n1)NCCC2. The fourth-order valence-electron chi connectivity index (χ4n) is 2.13. The van der Waals surface area contributed by atoms with Crippen LogP contribution in [0.15, 0.2) is 6.20 Å². The number of nitrogens with zero attached hydrogens (tertiary/aromatic N) is 2. The third kappa shape index (κ3) is 3.24. The number of carbonyl (C=O) groups is 1. The normalized spacial score (nSPS) is 13.8. The van der Waals surface area contributed by atoms with Crippen molar-refractivity contribution in [3.63, 3.8) is 0 Å². The molecule has 1 aromatic heterocycles. The molecule has 0 spiro atoms. The smallest absolute Gasteiger partial charge is 0.271 e. The molecule has 2 rings (SSSR count). The van der Waals surface area contributed by atoms with Gasteiger partial charge in [0, 0.05) is 25.8 Å². The lowest BCUT2D eigenvalue weighted by Crippen LogP contribution is -2.24. The first kappa shape index (κ1) is 12.9. The lowest BCUT2D eigenvalue weighted by Gasteiger charge is -2.14. The van der Waals surface area contributed by atoms with Gasteiger partial charge in [-0.25, -0.2) is 4.98 Å². The van der Waals surface area contributed by atoms with E-state index in [0.29, 0.717) is 5.69 Å². The first-order valence-electron chi connectivity index (χ1n) is 6.90. The van der Waals surface area contributed by atoms with Crippen LogP contribution >= 0.6 is 0 Å². The topological polar surface area (TPSA) is 59.0 Å². The number of fused-ring (bicyclic) bond motifs is 1. The summed E-state index contributed by atoms with van der Waals surface area (Å²) < 4.78 is 2.01. The number of imidazole rings is 1. The number of aromatic nitrogens is 2. The first-order chi connectivity index (χ1) is 8.81. The van der Waals surface area contributed by atoms with Gasteiger partial charge in [0.05, 0.1) is 0 Å². The van der Waals surface area contributed by atoms with E-state index in [1.807, 2.05) is 10.8 Å². The Morgan fingerprint density at radius 1 is 1.50 bits per heavy atom. The Balaban J connectivity index is 1.80. The van der Waals surface area contributed by atoms with Gasteiger partial charge in [-0.3, -0.25) is 4.79 Å². The van der Waals surface area contributed by atoms with Crippen molar-refractivity contribution in [2.75, 3.05) is 18.4 Å². The molecule has 1 aliphatic heterocycles. The van der Waals surface area contributed by atoms with E-state index in [-0.39, 0.29) is 5.91 Å². The van der Waals surface area contributed by atoms with Crippen LogP contribution in [0.5, 0.6) is 0 Å². The molecule has 1 aliphatic rings. The zero-order chi connectivity index (χ0) is 12.8. The Hall–Kier alpha value is -1.52. The lowest BCUT2D eigenvalue weighted by atomic mass is 10.2. The molecule has 0 unspecified atom stereocenters. The summed E-state index contributed by atoms with van der Waals surface area (Å²) in [6.07, 6.45) is 7.60. The van der Waals surface area contributed by atoms with Crippen LogP contribution < -0.4 is 10.6 Å². The maximum absolute atomic E-state index is 11.9. The zero-order valence-corrected chi connectivity index (χ0v) is 11.0. The molecule has 5 heteroatoms. The quantitative estimate of drug-likeness (QED) is 0.759. The first-order valence-corrected chi connectivity index (χ1v) is 6.90. The average molecular weight is 250 g/mol. The monoisotopic (exact) mass is 250 g/mol. The van der Waals surface area contributed by atoms with Crippen molar-refractivity contribution in [1.82, 2.24) is 14.9 Å². The number of nitrogens with one attached hydrogen (secondary N) is 2. The summed E-state index contributed by atoms with van der Waals surface area (Å²) in [6, 6.07) is 0. The Bertz CT molecular complexity index is 376. The van der Waals surface area contributed by atoms with Gasteiger partial charge in [0.25, 0.3) is 5.91 Å². The standard InChI is InChI=1S/C13H22N4O/c1-2-3-4-5-7-14-12(18)11-10-17-9-6-8-15-13(17)16-11/h10H,2-9H2,1H3,(H,14,18)(H,15,16). The van der Waals surface area contributed by atoms with Gasteiger partial charge in [-0.15, -0.1) is 0 Å². The molecule has 2 heterocycles. The Morgan fingerprint density at radius 2 is 2.39 bits per heavy atom. The second kappa shape index (κ2) is 6.42. The summed E-state index contributed by atoms with van der Waals surface area (Å²) in [4.78, 5) is 16.2. The van der Waals surface area contributed by atoms with Gasteiger partial charge < -0.3 is 15.2 Å². The highest BCUT2D eigenvalue weighted by molar-refractivity contribution is 5.92. The van der Waals surface area contributed by atoms with Gasteiger partial charge >= 0.3 is 0 Å². The average Bonchev–Trinajstić information content (AvgIpc) is 2.82. The number of amides is 1. The molecule has 1 amide bonds. The van der Waals surface area contributed by atoms with Crippen LogP contribution in [0, 0.1) is 0 Å². The fourth-order valence-corrected chi connectivity index (χ4v) is 2.13. The predicted molar refractivity (Wildman–Crippen MR) is 71.8 cm³/mol. The number of hydrogen-bond donors (Lipinski definition) is 2. The van der Waals surface area contributed by atoms with Crippen LogP contribution in [-0.4, -0.2) is 28.5 Å². The van der Waals surface area contributed by atoms with E-state index >= 15 is 0 Å². The highest BCUT2D eigenvalue weighted by Crippen LogP contribution is 2.13. The number of hydrogen-bond acceptors (Lipinski definition) is 3. The third-order valence-electron chi connectivity index (χ3n) is 3.18. The maximum Gasteiger partial charge on any atom is 0.271 e. The summed E-state index contributed by atoms with van der Waals surface area (Å²) in [5.41, 5.74) is 0.523. The second-order valence-corrected chi connectivity index (χ2v) is 4.74. The molecular weight excluding hydrogens is 228 g/mol. The number of anilines is 1. The summed E-state index contributed by atoms with van der Waals surface area (Å²) in [7, 11) is 0. The summed E-state index contributed by atoms with van der Waals surface area (Å²) in [5, 5.41) is 6.12. The van der Waals surface area contributed by atoms with Crippen molar-refractivity contribution in [3.8, 4) is 0 Å². The minimum Gasteiger partial charge on any atom is -0.356 e. The number of aryl methyl sites for hydroxylation is 1. The van der Waals surface area contributed by atoms with E-state index in [4.69, 9.17) is 0 Å². The molecule has 18 heavy (non-hydrogen) atoms. The Labute approximate surface area is 108 Å². The van der Waals surface area contributed by atoms with Crippen LogP contribution in [0.3, 0.4) is 0 Å². The second-order valence-electron chi connectivity index (χ2n) is 4.74. The fraction of sp³-hybridized carbons (Fsp3) is 0.692. The van der Waals surface area contributed by atoms with E-state index in [0.717, 1.165) is 38.4 Å². The largest absolute Gasteiger partial charge is 0.356 e. The summed E-state index contributed by atoms with van der Waals surface area (Å²) in [5.74, 6) is 0.757. The number of unbranched alkanes of at least 4 members (excludes halogenated alkanes) is 3. The Kier molecular flexibility index (Phi) is 4.61. The van der Waals surface area contributed by atoms with Crippen molar-refractivity contribution >= 4 is 11.9 Å². The van der Waals surface area contributed by atoms with E-state index < -0.39 is 0 Å². The molecule has 5 nitrogen and oxygen atoms in total. The molecule has 0 aromatic carbocycles. The van der Waals surface area contributed by atoms with Crippen molar-refractivity contribution in [2.45, 2.75) is 45.6 Å². The van der Waals surface area contributed by atoms with E-state index in [9.17, 15) is 4.79 Å². The maximum atomic E-state index is 11.9. The van der Waals surface area contributed by atoms with Gasteiger partial charge in [-0.05, 0) is 12.8 Å². The van der Waals surface area contributed by atoms with Gasteiger partial charge in [-0.1, -0.05) is 26.2 Å². The molecule has 2 N–H and O–H groups in total. The molecule has 0 saturated heterocycles. The Morgan fingerprint density at radius 3 is 3.17 bits per heavy atom. The minimum absolute atomic E-state index is 0.0600. The van der Waals surface area contributed by atoms with E-state index in [1.165, 1.54) is 19.3 Å². The van der Waals surface area contributed by atoms with E-state index in [2.05, 4.69) is 22.5 Å². The van der Waals surface area contributed by atoms with Gasteiger partial charge in [0.1, 0.15) is 5.69 Å². The van der Waals surface area contributed by atoms with Crippen LogP contribution in [0.1, 0.15) is 49.5 Å². The van der Waals surface area contributed by atoms with Crippen molar-refractivity contribution in [1.29, 1.82) is 0 Å². The molecule has 0 saturated carbocycles. The predicted octanol–water partition coefficient (Wildman–Crippen LogP) is 2.01. The molecule has 0 fully saturated rings. The van der Waals surface area contributed by atoms with Crippen LogP contribution in [0.2, 0.25) is 0 Å². The molecule has 1 aromatic rings. The highest BCUT2D eigenvalue weighted by Gasteiger charge is 2.15. The van der Waals surface area contributed by atoms with Gasteiger partial charge in [-0.2, -0.15) is 0 Å². The summed E-state index contributed by atoms with van der Waals surface area (Å²) in [6.45, 7) is 4.81. The van der Waals surface area contributed by atoms with Crippen LogP contribution in [-0.2, 0) is 6.54 Å². The van der Waals surface area contributed by atoms with Crippen molar-refractivity contribution < 1.29 is 4.79 Å². The number of rotatable bonds is 6. The molecule has 0 aliphatic carbocycles. The lowest BCUT2D eigenvalue weighted by molar-refractivity contribution is 0.0948.